The molecule has 8 nitrogen and oxygen atoms in total. The third-order valence-corrected chi connectivity index (χ3v) is 7.73. The van der Waals surface area contributed by atoms with E-state index in [4.69, 9.17) is 4.74 Å². The van der Waals surface area contributed by atoms with E-state index in [1.807, 2.05) is 68.4 Å². The molecule has 1 aliphatic rings. The number of nitrogens with zero attached hydrogens (tertiary/aromatic N) is 1. The summed E-state index contributed by atoms with van der Waals surface area (Å²) in [5.41, 5.74) is 2.53. The van der Waals surface area contributed by atoms with Crippen molar-refractivity contribution in [2.24, 2.45) is 0 Å². The molecule has 1 heterocycles. The maximum Gasteiger partial charge on any atom is 0.254 e. The van der Waals surface area contributed by atoms with Crippen molar-refractivity contribution in [3.05, 3.63) is 77.4 Å². The fraction of sp³-hybridized carbons (Fsp3) is 0.414. The van der Waals surface area contributed by atoms with Gasteiger partial charge in [0.2, 0.25) is 11.8 Å². The van der Waals surface area contributed by atoms with E-state index in [2.05, 4.69) is 10.6 Å². The monoisotopic (exact) mass is 539 g/mol. The van der Waals surface area contributed by atoms with Crippen molar-refractivity contribution >= 4 is 29.5 Å². The summed E-state index contributed by atoms with van der Waals surface area (Å²) in [6.45, 7) is 7.68. The Labute approximate surface area is 228 Å². The summed E-state index contributed by atoms with van der Waals surface area (Å²) in [5, 5.41) is 17.0. The number of ether oxygens (including phenoxy) is 1. The zero-order valence-corrected chi connectivity index (χ0v) is 23.4. The predicted octanol–water partition coefficient (Wildman–Crippen LogP) is 3.05. The highest BCUT2D eigenvalue weighted by atomic mass is 32.2. The van der Waals surface area contributed by atoms with Crippen LogP contribution in [0.3, 0.4) is 0 Å². The number of nitrogens with one attached hydrogen (secondary N) is 2. The van der Waals surface area contributed by atoms with Gasteiger partial charge in [-0.3, -0.25) is 14.4 Å². The van der Waals surface area contributed by atoms with Gasteiger partial charge >= 0.3 is 0 Å². The average Bonchev–Trinajstić information content (AvgIpc) is 3.21. The number of rotatable bonds is 10. The zero-order valence-electron chi connectivity index (χ0n) is 22.6. The van der Waals surface area contributed by atoms with Gasteiger partial charge in [-0.2, -0.15) is 0 Å². The molecule has 0 aliphatic carbocycles. The highest BCUT2D eigenvalue weighted by molar-refractivity contribution is 8.00. The van der Waals surface area contributed by atoms with Crippen LogP contribution >= 0.6 is 11.8 Å². The van der Waals surface area contributed by atoms with Gasteiger partial charge in [0.15, 0.2) is 6.10 Å². The lowest BCUT2D eigenvalue weighted by atomic mass is 9.97. The zero-order chi connectivity index (χ0) is 27.9. The Bertz CT molecular complexity index is 1160. The number of amides is 3. The number of aliphatic hydroxyl groups excluding tert-OH is 1. The summed E-state index contributed by atoms with van der Waals surface area (Å²) in [6, 6.07) is 15.1. The van der Waals surface area contributed by atoms with E-state index in [0.717, 1.165) is 16.7 Å². The molecule has 3 N–H and O–H groups in total. The first-order chi connectivity index (χ1) is 18.0. The molecule has 9 heteroatoms. The highest BCUT2D eigenvalue weighted by Crippen LogP contribution is 2.40. The van der Waals surface area contributed by atoms with Crippen molar-refractivity contribution in [1.29, 1.82) is 0 Å². The van der Waals surface area contributed by atoms with Gasteiger partial charge in [0.1, 0.15) is 11.8 Å². The number of hydrogen-bond acceptors (Lipinski definition) is 6. The summed E-state index contributed by atoms with van der Waals surface area (Å²) in [4.78, 5) is 41.0. The summed E-state index contributed by atoms with van der Waals surface area (Å²) in [6.07, 6.45) is 0.152. The SMILES string of the molecule is COc1cccc(CNC(=O)[C@H]2N(C(=O)[C@@H](O)[C@H](Cc3ccccc3)NC(=O)C=C(C)C)CSC2(C)C)c1. The lowest BCUT2D eigenvalue weighted by Crippen LogP contribution is -2.58. The third kappa shape index (κ3) is 7.61. The van der Waals surface area contributed by atoms with Gasteiger partial charge in [-0.25, -0.2) is 0 Å². The van der Waals surface area contributed by atoms with Crippen LogP contribution in [0.5, 0.6) is 5.75 Å². The molecule has 1 saturated heterocycles. The van der Waals surface area contributed by atoms with Gasteiger partial charge in [-0.1, -0.05) is 48.0 Å². The Morgan fingerprint density at radius 2 is 1.82 bits per heavy atom. The van der Waals surface area contributed by atoms with E-state index in [9.17, 15) is 19.5 Å². The van der Waals surface area contributed by atoms with Crippen LogP contribution in [0.4, 0.5) is 0 Å². The molecule has 2 aromatic carbocycles. The molecule has 0 spiro atoms. The van der Waals surface area contributed by atoms with Crippen LogP contribution < -0.4 is 15.4 Å². The van der Waals surface area contributed by atoms with Gasteiger partial charge in [0.05, 0.1) is 19.0 Å². The number of allylic oxidation sites excluding steroid dienone is 1. The second-order valence-electron chi connectivity index (χ2n) is 10.1. The largest absolute Gasteiger partial charge is 0.497 e. The molecule has 0 unspecified atom stereocenters. The molecule has 204 valence electrons. The summed E-state index contributed by atoms with van der Waals surface area (Å²) < 4.78 is 4.68. The van der Waals surface area contributed by atoms with Crippen molar-refractivity contribution in [3.63, 3.8) is 0 Å². The quantitative estimate of drug-likeness (QED) is 0.401. The van der Waals surface area contributed by atoms with E-state index in [1.54, 1.807) is 21.0 Å². The second-order valence-corrected chi connectivity index (χ2v) is 11.7. The molecule has 0 aromatic heterocycles. The Morgan fingerprint density at radius 3 is 2.47 bits per heavy atom. The van der Waals surface area contributed by atoms with E-state index in [1.165, 1.54) is 22.7 Å². The van der Waals surface area contributed by atoms with Gasteiger partial charge in [0, 0.05) is 17.4 Å². The molecule has 2 aromatic rings. The molecule has 1 aliphatic heterocycles. The molecule has 38 heavy (non-hydrogen) atoms. The van der Waals surface area contributed by atoms with Crippen LogP contribution in [0.25, 0.3) is 0 Å². The average molecular weight is 540 g/mol. The molecular formula is C29H37N3O5S. The fourth-order valence-electron chi connectivity index (χ4n) is 4.42. The first kappa shape index (κ1) is 29.3. The Kier molecular flexibility index (Phi) is 9.99. The Balaban J connectivity index is 1.78. The van der Waals surface area contributed by atoms with Crippen molar-refractivity contribution in [2.45, 2.75) is 63.6 Å². The van der Waals surface area contributed by atoms with E-state index in [0.29, 0.717) is 5.75 Å². The van der Waals surface area contributed by atoms with Gasteiger partial charge in [0.25, 0.3) is 5.91 Å². The lowest BCUT2D eigenvalue weighted by molar-refractivity contribution is -0.147. The highest BCUT2D eigenvalue weighted by Gasteiger charge is 2.49. The number of carbonyl (C=O) groups excluding carboxylic acids is 3. The maximum atomic E-state index is 13.6. The lowest BCUT2D eigenvalue weighted by Gasteiger charge is -2.33. The molecule has 1 fully saturated rings. The molecule has 3 amide bonds. The van der Waals surface area contributed by atoms with Crippen molar-refractivity contribution in [3.8, 4) is 5.75 Å². The number of methoxy groups -OCH3 is 1. The molecule has 0 saturated carbocycles. The van der Waals surface area contributed by atoms with Crippen molar-refractivity contribution < 1.29 is 24.2 Å². The van der Waals surface area contributed by atoms with Gasteiger partial charge in [-0.05, 0) is 57.4 Å². The van der Waals surface area contributed by atoms with Crippen molar-refractivity contribution in [1.82, 2.24) is 15.5 Å². The van der Waals surface area contributed by atoms with Crippen molar-refractivity contribution in [2.75, 3.05) is 13.0 Å². The topological polar surface area (TPSA) is 108 Å². The minimum atomic E-state index is -1.53. The Hall–Kier alpha value is -3.30. The van der Waals surface area contributed by atoms with E-state index in [-0.39, 0.29) is 30.7 Å². The second kappa shape index (κ2) is 13.0. The smallest absolute Gasteiger partial charge is 0.254 e. The summed E-state index contributed by atoms with van der Waals surface area (Å²) in [5.74, 6) is -0.353. The summed E-state index contributed by atoms with van der Waals surface area (Å²) in [7, 11) is 1.58. The minimum Gasteiger partial charge on any atom is -0.497 e. The maximum absolute atomic E-state index is 13.6. The number of benzene rings is 2. The van der Waals surface area contributed by atoms with Crippen LogP contribution in [0, 0.1) is 0 Å². The van der Waals surface area contributed by atoms with Crippen LogP contribution in [0.1, 0.15) is 38.8 Å². The first-order valence-corrected chi connectivity index (χ1v) is 13.5. The minimum absolute atomic E-state index is 0.250. The van der Waals surface area contributed by atoms with Crippen LogP contribution in [0.2, 0.25) is 0 Å². The van der Waals surface area contributed by atoms with Gasteiger partial charge in [-0.15, -0.1) is 11.8 Å². The summed E-state index contributed by atoms with van der Waals surface area (Å²) >= 11 is 1.47. The molecule has 3 rings (SSSR count). The van der Waals surface area contributed by atoms with E-state index < -0.39 is 28.8 Å². The molecule has 3 atom stereocenters. The third-order valence-electron chi connectivity index (χ3n) is 6.36. The number of thioether (sulfide) groups is 1. The molecule has 0 bridgehead atoms. The number of carbonyl (C=O) groups is 3. The Morgan fingerprint density at radius 1 is 1.13 bits per heavy atom. The van der Waals surface area contributed by atoms with E-state index >= 15 is 0 Å². The number of hydrogen-bond donors (Lipinski definition) is 3. The normalized spacial score (nSPS) is 17.7. The number of aliphatic hydroxyl groups is 1. The predicted molar refractivity (Wildman–Crippen MR) is 150 cm³/mol. The van der Waals surface area contributed by atoms with Crippen LogP contribution in [0.15, 0.2) is 66.2 Å². The standard InChI is InChI=1S/C29H37N3O5S/c1-19(2)14-24(33)31-23(16-20-10-7-6-8-11-20)25(34)28(36)32-18-38-29(3,4)26(32)27(35)30-17-21-12-9-13-22(15-21)37-5/h6-15,23,25-26,34H,16-18H2,1-5H3,(H,30,35)(H,31,33)/t23-,25-,26+/m0/s1. The first-order valence-electron chi connectivity index (χ1n) is 12.5. The van der Waals surface area contributed by atoms with Crippen LogP contribution in [-0.4, -0.2) is 63.6 Å². The fourth-order valence-corrected chi connectivity index (χ4v) is 5.56. The van der Waals surface area contributed by atoms with Crippen LogP contribution in [-0.2, 0) is 27.3 Å². The van der Waals surface area contributed by atoms with Gasteiger partial charge < -0.3 is 25.4 Å². The molecular weight excluding hydrogens is 502 g/mol. The molecule has 0 radical (unpaired) electrons.